The van der Waals surface area contributed by atoms with Gasteiger partial charge in [-0.2, -0.15) is 0 Å². The second-order valence-corrected chi connectivity index (χ2v) is 7.72. The molecule has 0 amide bonds. The first-order valence-electron chi connectivity index (χ1n) is 7.59. The van der Waals surface area contributed by atoms with Crippen LogP contribution in [0.4, 0.5) is 0 Å². The van der Waals surface area contributed by atoms with Gasteiger partial charge in [-0.1, -0.05) is 13.8 Å². The monoisotopic (exact) mass is 270 g/mol. The van der Waals surface area contributed by atoms with E-state index in [4.69, 9.17) is 5.73 Å². The van der Waals surface area contributed by atoms with Crippen molar-refractivity contribution in [2.75, 3.05) is 39.3 Å². The molecule has 1 saturated heterocycles. The maximum absolute atomic E-state index is 6.09. The van der Waals surface area contributed by atoms with E-state index in [2.05, 4.69) is 56.7 Å². The van der Waals surface area contributed by atoms with Gasteiger partial charge in [0.15, 0.2) is 0 Å². The van der Waals surface area contributed by atoms with E-state index in [9.17, 15) is 0 Å². The highest BCUT2D eigenvalue weighted by molar-refractivity contribution is 4.87. The van der Waals surface area contributed by atoms with Gasteiger partial charge in [-0.15, -0.1) is 0 Å². The molecular weight excluding hydrogens is 236 g/mol. The lowest BCUT2D eigenvalue weighted by molar-refractivity contribution is 0.0947. The number of rotatable bonds is 6. The van der Waals surface area contributed by atoms with Crippen molar-refractivity contribution in [1.29, 1.82) is 0 Å². The maximum atomic E-state index is 6.09. The molecule has 1 aliphatic rings. The van der Waals surface area contributed by atoms with Crippen LogP contribution >= 0.6 is 0 Å². The van der Waals surface area contributed by atoms with Crippen LogP contribution in [0.2, 0.25) is 0 Å². The third kappa shape index (κ3) is 7.25. The van der Waals surface area contributed by atoms with Crippen LogP contribution in [0.3, 0.4) is 0 Å². The molecule has 0 aromatic carbocycles. The summed E-state index contributed by atoms with van der Waals surface area (Å²) < 4.78 is 0. The van der Waals surface area contributed by atoms with Crippen LogP contribution in [-0.2, 0) is 0 Å². The van der Waals surface area contributed by atoms with Crippen molar-refractivity contribution < 1.29 is 0 Å². The first kappa shape index (κ1) is 16.9. The van der Waals surface area contributed by atoms with Crippen molar-refractivity contribution in [3.8, 4) is 0 Å². The van der Waals surface area contributed by atoms with E-state index in [0.29, 0.717) is 6.04 Å². The van der Waals surface area contributed by atoms with Gasteiger partial charge in [0.05, 0.1) is 0 Å². The van der Waals surface area contributed by atoms with Crippen molar-refractivity contribution in [2.45, 2.75) is 58.7 Å². The number of nitrogens with two attached hydrogens (primary N) is 1. The van der Waals surface area contributed by atoms with Crippen LogP contribution in [0.25, 0.3) is 0 Å². The van der Waals surface area contributed by atoms with E-state index in [-0.39, 0.29) is 11.1 Å². The Labute approximate surface area is 119 Å². The molecule has 4 nitrogen and oxygen atoms in total. The Balaban J connectivity index is 2.34. The van der Waals surface area contributed by atoms with Crippen molar-refractivity contribution in [3.05, 3.63) is 0 Å². The Morgan fingerprint density at radius 1 is 0.947 bits per heavy atom. The molecule has 114 valence electrons. The fourth-order valence-corrected chi connectivity index (χ4v) is 3.07. The molecule has 0 radical (unpaired) electrons. The van der Waals surface area contributed by atoms with Crippen LogP contribution in [0.1, 0.15) is 41.5 Å². The van der Waals surface area contributed by atoms with E-state index >= 15 is 0 Å². The fraction of sp³-hybridized carbons (Fsp3) is 1.00. The van der Waals surface area contributed by atoms with E-state index < -0.39 is 0 Å². The zero-order valence-electron chi connectivity index (χ0n) is 13.8. The third-order valence-electron chi connectivity index (χ3n) is 3.39. The molecule has 1 heterocycles. The normalized spacial score (nSPS) is 20.2. The molecule has 0 atom stereocenters. The van der Waals surface area contributed by atoms with Gasteiger partial charge in [-0.25, -0.2) is 0 Å². The lowest BCUT2D eigenvalue weighted by atomic mass is 10.0. The predicted molar refractivity (Wildman–Crippen MR) is 83.5 cm³/mol. The number of nitrogens with one attached hydrogen (secondary N) is 1. The number of hydrogen-bond acceptors (Lipinski definition) is 4. The summed E-state index contributed by atoms with van der Waals surface area (Å²) >= 11 is 0. The molecule has 0 bridgehead atoms. The van der Waals surface area contributed by atoms with E-state index in [1.54, 1.807) is 0 Å². The largest absolute Gasteiger partial charge is 0.324 e. The van der Waals surface area contributed by atoms with Crippen LogP contribution in [0, 0.1) is 0 Å². The average molecular weight is 270 g/mol. The molecule has 0 unspecified atom stereocenters. The summed E-state index contributed by atoms with van der Waals surface area (Å²) in [7, 11) is 0. The van der Waals surface area contributed by atoms with Crippen molar-refractivity contribution in [3.63, 3.8) is 0 Å². The maximum Gasteiger partial charge on any atom is 0.0254 e. The molecular formula is C15H34N4. The molecule has 0 aromatic heterocycles. The van der Waals surface area contributed by atoms with E-state index in [0.717, 1.165) is 39.3 Å². The van der Waals surface area contributed by atoms with Gasteiger partial charge in [-0.05, 0) is 27.7 Å². The second-order valence-electron chi connectivity index (χ2n) is 7.72. The molecule has 0 spiro atoms. The quantitative estimate of drug-likeness (QED) is 0.759. The Hall–Kier alpha value is -0.160. The average Bonchev–Trinajstić information content (AvgIpc) is 2.16. The zero-order valence-corrected chi connectivity index (χ0v) is 13.8. The Bertz CT molecular complexity index is 260. The number of piperazine rings is 1. The SMILES string of the molecule is CC(C)NC(C)(C)CN1CCN(CC(C)(C)N)CC1. The summed E-state index contributed by atoms with van der Waals surface area (Å²) in [4.78, 5) is 5.05. The minimum absolute atomic E-state index is 0.0827. The van der Waals surface area contributed by atoms with Crippen LogP contribution < -0.4 is 11.1 Å². The van der Waals surface area contributed by atoms with Crippen LogP contribution in [0.15, 0.2) is 0 Å². The molecule has 19 heavy (non-hydrogen) atoms. The lowest BCUT2D eigenvalue weighted by Crippen LogP contribution is -2.57. The fourth-order valence-electron chi connectivity index (χ4n) is 3.07. The summed E-state index contributed by atoms with van der Waals surface area (Å²) in [6.45, 7) is 19.9. The summed E-state index contributed by atoms with van der Waals surface area (Å²) in [6.07, 6.45) is 0. The summed E-state index contributed by atoms with van der Waals surface area (Å²) in [6, 6.07) is 0.536. The summed E-state index contributed by atoms with van der Waals surface area (Å²) in [5.74, 6) is 0. The summed E-state index contributed by atoms with van der Waals surface area (Å²) in [5.41, 5.74) is 6.19. The lowest BCUT2D eigenvalue weighted by Gasteiger charge is -2.41. The highest BCUT2D eigenvalue weighted by atomic mass is 15.3. The Morgan fingerprint density at radius 3 is 1.74 bits per heavy atom. The first-order valence-corrected chi connectivity index (χ1v) is 7.59. The third-order valence-corrected chi connectivity index (χ3v) is 3.39. The Kier molecular flexibility index (Phi) is 5.80. The first-order chi connectivity index (χ1) is 8.57. The van der Waals surface area contributed by atoms with Gasteiger partial charge < -0.3 is 11.1 Å². The van der Waals surface area contributed by atoms with Crippen molar-refractivity contribution in [2.24, 2.45) is 5.73 Å². The number of hydrogen-bond donors (Lipinski definition) is 2. The van der Waals surface area contributed by atoms with Gasteiger partial charge in [0, 0.05) is 56.4 Å². The molecule has 0 aliphatic carbocycles. The van der Waals surface area contributed by atoms with E-state index in [1.165, 1.54) is 0 Å². The summed E-state index contributed by atoms with van der Waals surface area (Å²) in [5, 5.41) is 3.64. The smallest absolute Gasteiger partial charge is 0.0254 e. The molecule has 0 aromatic rings. The standard InChI is InChI=1S/C15H34N4/c1-13(2)17-15(5,6)12-19-9-7-18(8-10-19)11-14(3,4)16/h13,17H,7-12,16H2,1-6H3. The highest BCUT2D eigenvalue weighted by Gasteiger charge is 2.26. The molecule has 1 fully saturated rings. The molecule has 1 rings (SSSR count). The van der Waals surface area contributed by atoms with Gasteiger partial charge in [0.1, 0.15) is 0 Å². The van der Waals surface area contributed by atoms with Crippen LogP contribution in [0.5, 0.6) is 0 Å². The van der Waals surface area contributed by atoms with Gasteiger partial charge in [0.25, 0.3) is 0 Å². The molecule has 1 aliphatic heterocycles. The molecule has 0 saturated carbocycles. The topological polar surface area (TPSA) is 44.5 Å². The molecule has 4 heteroatoms. The molecule has 3 N–H and O–H groups in total. The van der Waals surface area contributed by atoms with Crippen LogP contribution in [-0.4, -0.2) is 66.2 Å². The van der Waals surface area contributed by atoms with Crippen molar-refractivity contribution >= 4 is 0 Å². The Morgan fingerprint density at radius 2 is 1.37 bits per heavy atom. The zero-order chi connectivity index (χ0) is 14.7. The minimum atomic E-state index is -0.0827. The predicted octanol–water partition coefficient (Wildman–Crippen LogP) is 1.12. The second kappa shape index (κ2) is 6.53. The van der Waals surface area contributed by atoms with Gasteiger partial charge in [0.2, 0.25) is 0 Å². The minimum Gasteiger partial charge on any atom is -0.324 e. The highest BCUT2D eigenvalue weighted by Crippen LogP contribution is 2.11. The number of nitrogens with zero attached hydrogens (tertiary/aromatic N) is 2. The van der Waals surface area contributed by atoms with E-state index in [1.807, 2.05) is 0 Å². The van der Waals surface area contributed by atoms with Gasteiger partial charge >= 0.3 is 0 Å². The van der Waals surface area contributed by atoms with Gasteiger partial charge in [-0.3, -0.25) is 9.80 Å². The van der Waals surface area contributed by atoms with Crippen molar-refractivity contribution in [1.82, 2.24) is 15.1 Å².